The number of halogens is 3. The van der Waals surface area contributed by atoms with Crippen LogP contribution < -0.4 is 5.32 Å². The third-order valence-electron chi connectivity index (χ3n) is 2.73. The van der Waals surface area contributed by atoms with E-state index in [1.165, 1.54) is 12.1 Å². The van der Waals surface area contributed by atoms with E-state index in [1.54, 1.807) is 13.8 Å². The lowest BCUT2D eigenvalue weighted by Gasteiger charge is -2.08. The number of carbonyl (C=O) groups excluding carboxylic acids is 1. The van der Waals surface area contributed by atoms with Crippen LogP contribution in [-0.2, 0) is 6.18 Å². The number of hydrogen-bond donors (Lipinski definition) is 1. The molecule has 0 aliphatic rings. The number of hydrogen-bond acceptors (Lipinski definition) is 3. The first-order chi connectivity index (χ1) is 9.29. The van der Waals surface area contributed by atoms with Crippen LogP contribution in [0.5, 0.6) is 0 Å². The first kappa shape index (κ1) is 14.1. The number of nitrogens with one attached hydrogen (secondary N) is 1. The van der Waals surface area contributed by atoms with Gasteiger partial charge in [-0.25, -0.2) is 0 Å². The summed E-state index contributed by atoms with van der Waals surface area (Å²) in [6.07, 6.45) is -4.40. The Morgan fingerprint density at radius 1 is 1.20 bits per heavy atom. The highest BCUT2D eigenvalue weighted by Gasteiger charge is 2.30. The van der Waals surface area contributed by atoms with E-state index in [0.29, 0.717) is 11.5 Å². The molecule has 0 radical (unpaired) electrons. The summed E-state index contributed by atoms with van der Waals surface area (Å²) in [5.41, 5.74) is 0.202. The summed E-state index contributed by atoms with van der Waals surface area (Å²) in [5.74, 6) is -0.118. The van der Waals surface area contributed by atoms with Crippen molar-refractivity contribution in [3.05, 3.63) is 46.8 Å². The maximum absolute atomic E-state index is 12.4. The topological polar surface area (TPSA) is 55.1 Å². The van der Waals surface area contributed by atoms with E-state index in [9.17, 15) is 18.0 Å². The van der Waals surface area contributed by atoms with Gasteiger partial charge in [-0.1, -0.05) is 5.16 Å². The van der Waals surface area contributed by atoms with Gasteiger partial charge in [0.05, 0.1) is 11.3 Å². The minimum absolute atomic E-state index is 0.267. The van der Waals surface area contributed by atoms with E-state index < -0.39 is 17.6 Å². The van der Waals surface area contributed by atoms with E-state index in [2.05, 4.69) is 10.5 Å². The monoisotopic (exact) mass is 284 g/mol. The van der Waals surface area contributed by atoms with E-state index in [1.807, 2.05) is 0 Å². The minimum atomic E-state index is -4.40. The largest absolute Gasteiger partial charge is 0.416 e. The zero-order chi connectivity index (χ0) is 14.9. The van der Waals surface area contributed by atoms with Crippen LogP contribution in [0.4, 0.5) is 18.9 Å². The van der Waals surface area contributed by atoms with E-state index in [0.717, 1.165) is 12.1 Å². The van der Waals surface area contributed by atoms with Crippen molar-refractivity contribution in [1.29, 1.82) is 0 Å². The molecule has 1 aromatic heterocycles. The Balaban J connectivity index is 2.17. The van der Waals surface area contributed by atoms with Gasteiger partial charge in [0, 0.05) is 5.69 Å². The summed E-state index contributed by atoms with van der Waals surface area (Å²) in [7, 11) is 0. The van der Waals surface area contributed by atoms with Crippen LogP contribution in [0, 0.1) is 13.8 Å². The Labute approximate surface area is 112 Å². The van der Waals surface area contributed by atoms with Crippen molar-refractivity contribution in [1.82, 2.24) is 5.16 Å². The van der Waals surface area contributed by atoms with Crippen LogP contribution in [0.3, 0.4) is 0 Å². The summed E-state index contributed by atoms with van der Waals surface area (Å²) < 4.78 is 42.1. The molecule has 20 heavy (non-hydrogen) atoms. The Hall–Kier alpha value is -2.31. The number of nitrogens with zero attached hydrogens (tertiary/aromatic N) is 1. The molecule has 0 atom stereocenters. The van der Waals surface area contributed by atoms with Crippen LogP contribution >= 0.6 is 0 Å². The molecule has 1 N–H and O–H groups in total. The molecule has 0 bridgehead atoms. The van der Waals surface area contributed by atoms with Crippen LogP contribution in [0.25, 0.3) is 0 Å². The van der Waals surface area contributed by atoms with Gasteiger partial charge < -0.3 is 9.84 Å². The SMILES string of the molecule is Cc1noc(C)c1C(=O)Nc1ccc(C(F)(F)F)cc1. The van der Waals surface area contributed by atoms with Crippen molar-refractivity contribution in [3.63, 3.8) is 0 Å². The maximum atomic E-state index is 12.4. The molecule has 7 heteroatoms. The molecule has 0 saturated carbocycles. The highest BCUT2D eigenvalue weighted by atomic mass is 19.4. The molecule has 0 fully saturated rings. The van der Waals surface area contributed by atoms with Crippen molar-refractivity contribution in [2.45, 2.75) is 20.0 Å². The van der Waals surface area contributed by atoms with Gasteiger partial charge in [-0.05, 0) is 38.1 Å². The molecule has 0 unspecified atom stereocenters. The van der Waals surface area contributed by atoms with Gasteiger partial charge in [0.1, 0.15) is 11.3 Å². The molecule has 2 aromatic rings. The quantitative estimate of drug-likeness (QED) is 0.917. The average molecular weight is 284 g/mol. The Morgan fingerprint density at radius 3 is 2.25 bits per heavy atom. The van der Waals surface area contributed by atoms with Gasteiger partial charge in [-0.3, -0.25) is 4.79 Å². The molecule has 0 spiro atoms. The zero-order valence-electron chi connectivity index (χ0n) is 10.7. The molecule has 106 valence electrons. The fourth-order valence-corrected chi connectivity index (χ4v) is 1.74. The molecule has 0 aliphatic carbocycles. The van der Waals surface area contributed by atoms with Gasteiger partial charge in [0.2, 0.25) is 0 Å². The number of anilines is 1. The van der Waals surface area contributed by atoms with Gasteiger partial charge in [0.25, 0.3) is 5.91 Å². The average Bonchev–Trinajstić information content (AvgIpc) is 2.68. The van der Waals surface area contributed by atoms with Gasteiger partial charge >= 0.3 is 6.18 Å². The normalized spacial score (nSPS) is 11.4. The van der Waals surface area contributed by atoms with Crippen molar-refractivity contribution in [3.8, 4) is 0 Å². The third kappa shape index (κ3) is 2.81. The van der Waals surface area contributed by atoms with Crippen LogP contribution in [0.15, 0.2) is 28.8 Å². The molecular weight excluding hydrogens is 273 g/mol. The molecule has 4 nitrogen and oxygen atoms in total. The summed E-state index contributed by atoms with van der Waals surface area (Å²) in [5, 5.41) is 6.14. The fraction of sp³-hybridized carbons (Fsp3) is 0.231. The first-order valence-corrected chi connectivity index (χ1v) is 5.70. The van der Waals surface area contributed by atoms with Crippen LogP contribution in [-0.4, -0.2) is 11.1 Å². The Bertz CT molecular complexity index is 611. The number of amides is 1. The number of benzene rings is 1. The van der Waals surface area contributed by atoms with E-state index in [-0.39, 0.29) is 11.3 Å². The van der Waals surface area contributed by atoms with E-state index in [4.69, 9.17) is 4.52 Å². The maximum Gasteiger partial charge on any atom is 0.416 e. The molecular formula is C13H11F3N2O2. The molecule has 2 rings (SSSR count). The van der Waals surface area contributed by atoms with Crippen LogP contribution in [0.1, 0.15) is 27.4 Å². The van der Waals surface area contributed by atoms with Gasteiger partial charge in [0.15, 0.2) is 0 Å². The molecule has 1 amide bonds. The lowest BCUT2D eigenvalue weighted by atomic mass is 10.1. The molecule has 0 saturated heterocycles. The zero-order valence-corrected chi connectivity index (χ0v) is 10.7. The van der Waals surface area contributed by atoms with Crippen molar-refractivity contribution >= 4 is 11.6 Å². The fourth-order valence-electron chi connectivity index (χ4n) is 1.74. The number of aryl methyl sites for hydroxylation is 2. The summed E-state index contributed by atoms with van der Waals surface area (Å²) >= 11 is 0. The predicted molar refractivity (Wildman–Crippen MR) is 65.4 cm³/mol. The lowest BCUT2D eigenvalue weighted by Crippen LogP contribution is -2.14. The van der Waals surface area contributed by atoms with Crippen molar-refractivity contribution in [2.24, 2.45) is 0 Å². The Morgan fingerprint density at radius 2 is 1.80 bits per heavy atom. The number of carbonyl (C=O) groups is 1. The predicted octanol–water partition coefficient (Wildman–Crippen LogP) is 3.56. The molecule has 1 heterocycles. The van der Waals surface area contributed by atoms with Gasteiger partial charge in [-0.2, -0.15) is 13.2 Å². The third-order valence-corrected chi connectivity index (χ3v) is 2.73. The highest BCUT2D eigenvalue weighted by Crippen LogP contribution is 2.29. The highest BCUT2D eigenvalue weighted by molar-refractivity contribution is 6.05. The van der Waals surface area contributed by atoms with Crippen LogP contribution in [0.2, 0.25) is 0 Å². The molecule has 1 aromatic carbocycles. The summed E-state index contributed by atoms with van der Waals surface area (Å²) in [6, 6.07) is 4.20. The van der Waals surface area contributed by atoms with Crippen molar-refractivity contribution in [2.75, 3.05) is 5.32 Å². The second kappa shape index (κ2) is 4.99. The number of alkyl halides is 3. The molecule has 0 aliphatic heterocycles. The minimum Gasteiger partial charge on any atom is -0.361 e. The van der Waals surface area contributed by atoms with Gasteiger partial charge in [-0.15, -0.1) is 0 Å². The summed E-state index contributed by atoms with van der Waals surface area (Å²) in [4.78, 5) is 12.0. The van der Waals surface area contributed by atoms with E-state index >= 15 is 0 Å². The summed E-state index contributed by atoms with van der Waals surface area (Å²) in [6.45, 7) is 3.19. The second-order valence-electron chi connectivity index (χ2n) is 4.23. The number of aromatic nitrogens is 1. The standard InChI is InChI=1S/C13H11F3N2O2/c1-7-11(8(2)20-18-7)12(19)17-10-5-3-9(4-6-10)13(14,15)16/h3-6H,1-2H3,(H,17,19). The number of rotatable bonds is 2. The Kier molecular flexibility index (Phi) is 3.52. The second-order valence-corrected chi connectivity index (χ2v) is 4.23. The van der Waals surface area contributed by atoms with Crippen molar-refractivity contribution < 1.29 is 22.5 Å². The first-order valence-electron chi connectivity index (χ1n) is 5.70. The smallest absolute Gasteiger partial charge is 0.361 e. The lowest BCUT2D eigenvalue weighted by molar-refractivity contribution is -0.137.